The number of aromatic nitrogens is 1. The smallest absolute Gasteiger partial charge is 0.407 e. The van der Waals surface area contributed by atoms with Gasteiger partial charge in [0, 0.05) is 25.8 Å². The van der Waals surface area contributed by atoms with Gasteiger partial charge in [0.25, 0.3) is 0 Å². The normalized spacial score (nSPS) is 19.2. The van der Waals surface area contributed by atoms with E-state index >= 15 is 0 Å². The number of hydrogen-bond acceptors (Lipinski definition) is 4. The highest BCUT2D eigenvalue weighted by Crippen LogP contribution is 2.50. The van der Waals surface area contributed by atoms with Gasteiger partial charge in [-0.15, -0.1) is 0 Å². The number of rotatable bonds is 4. The van der Waals surface area contributed by atoms with Crippen molar-refractivity contribution in [2.24, 2.45) is 5.41 Å². The number of amides is 1. The van der Waals surface area contributed by atoms with Crippen LogP contribution in [0.5, 0.6) is 0 Å². The quantitative estimate of drug-likeness (QED) is 0.898. The molecule has 1 saturated heterocycles. The van der Waals surface area contributed by atoms with Gasteiger partial charge in [-0.1, -0.05) is 11.6 Å². The lowest BCUT2D eigenvalue weighted by molar-refractivity contribution is -0.0545. The minimum Gasteiger partial charge on any atom is -0.446 e. The Kier molecular flexibility index (Phi) is 5.30. The third-order valence-corrected chi connectivity index (χ3v) is 5.29. The number of nitrogens with zero attached hydrogens (tertiary/aromatic N) is 2. The van der Waals surface area contributed by atoms with Gasteiger partial charge in [0.05, 0.1) is 0 Å². The van der Waals surface area contributed by atoms with Gasteiger partial charge >= 0.3 is 6.09 Å². The van der Waals surface area contributed by atoms with Crippen LogP contribution in [0.25, 0.3) is 6.08 Å². The molecule has 1 aromatic rings. The average Bonchev–Trinajstić information content (AvgIpc) is 2.54. The van der Waals surface area contributed by atoms with Crippen LogP contribution in [0.4, 0.5) is 10.6 Å². The Balaban J connectivity index is 1.48. The maximum Gasteiger partial charge on any atom is 0.407 e. The van der Waals surface area contributed by atoms with Gasteiger partial charge in [-0.05, 0) is 69.6 Å². The van der Waals surface area contributed by atoms with E-state index in [0.29, 0.717) is 12.0 Å². The van der Waals surface area contributed by atoms with Crippen molar-refractivity contribution in [3.8, 4) is 0 Å². The monoisotopic (exact) mass is 343 g/mol. The zero-order valence-corrected chi connectivity index (χ0v) is 15.5. The van der Waals surface area contributed by atoms with Gasteiger partial charge < -0.3 is 15.0 Å². The Hall–Kier alpha value is -2.04. The summed E-state index contributed by atoms with van der Waals surface area (Å²) in [5.74, 6) is 1.07. The zero-order valence-electron chi connectivity index (χ0n) is 15.5. The maximum atomic E-state index is 11.5. The standard InChI is InChI=1S/C20H29N3O2/c1-4-21-19(24)25-17-12-20(13-17)7-9-23(10-8-20)18-6-5-16(14-22-18)11-15(2)3/h5-6,11,14,17H,4,7-10,12-13H2,1-3H3,(H,21,24). The number of carbonyl (C=O) groups excluding carboxylic acids is 1. The molecule has 1 spiro atoms. The molecule has 1 N–H and O–H groups in total. The van der Waals surface area contributed by atoms with Gasteiger partial charge in [0.1, 0.15) is 11.9 Å². The van der Waals surface area contributed by atoms with Crippen molar-refractivity contribution in [3.05, 3.63) is 29.5 Å². The number of piperidine rings is 1. The summed E-state index contributed by atoms with van der Waals surface area (Å²) >= 11 is 0. The van der Waals surface area contributed by atoms with Crippen molar-refractivity contribution in [1.82, 2.24) is 10.3 Å². The molecule has 1 aromatic heterocycles. The Morgan fingerprint density at radius 3 is 2.64 bits per heavy atom. The topological polar surface area (TPSA) is 54.5 Å². The van der Waals surface area contributed by atoms with Crippen molar-refractivity contribution in [3.63, 3.8) is 0 Å². The maximum absolute atomic E-state index is 11.5. The van der Waals surface area contributed by atoms with Gasteiger partial charge in [0.15, 0.2) is 0 Å². The van der Waals surface area contributed by atoms with Crippen LogP contribution in [0.1, 0.15) is 52.0 Å². The molecular formula is C20H29N3O2. The van der Waals surface area contributed by atoms with E-state index in [1.165, 1.54) is 5.57 Å². The third-order valence-electron chi connectivity index (χ3n) is 5.29. The summed E-state index contributed by atoms with van der Waals surface area (Å²) < 4.78 is 5.43. The highest BCUT2D eigenvalue weighted by molar-refractivity contribution is 5.67. The molecule has 1 aliphatic heterocycles. The summed E-state index contributed by atoms with van der Waals surface area (Å²) in [6.45, 7) is 8.77. The Bertz CT molecular complexity index is 619. The largest absolute Gasteiger partial charge is 0.446 e. The van der Waals surface area contributed by atoms with E-state index in [-0.39, 0.29) is 12.2 Å². The molecule has 1 aliphatic carbocycles. The second-order valence-electron chi connectivity index (χ2n) is 7.62. The van der Waals surface area contributed by atoms with Crippen LogP contribution in [0.2, 0.25) is 0 Å². The molecule has 0 atom stereocenters. The van der Waals surface area contributed by atoms with E-state index in [9.17, 15) is 4.79 Å². The lowest BCUT2D eigenvalue weighted by Crippen LogP contribution is -2.51. The SMILES string of the molecule is CCNC(=O)OC1CC2(CCN(c3ccc(C=C(C)C)cn3)CC2)C1. The molecule has 1 amide bonds. The lowest BCUT2D eigenvalue weighted by atomic mass is 9.61. The third kappa shape index (κ3) is 4.33. The summed E-state index contributed by atoms with van der Waals surface area (Å²) in [6.07, 6.45) is 8.23. The molecule has 0 radical (unpaired) electrons. The number of anilines is 1. The number of allylic oxidation sites excluding steroid dienone is 1. The van der Waals surface area contributed by atoms with E-state index in [4.69, 9.17) is 4.74 Å². The Morgan fingerprint density at radius 1 is 1.36 bits per heavy atom. The van der Waals surface area contributed by atoms with Crippen LogP contribution in [0.15, 0.2) is 23.9 Å². The zero-order chi connectivity index (χ0) is 17.9. The molecule has 1 saturated carbocycles. The van der Waals surface area contributed by atoms with Crippen molar-refractivity contribution >= 4 is 18.0 Å². The molecular weight excluding hydrogens is 314 g/mol. The van der Waals surface area contributed by atoms with E-state index < -0.39 is 0 Å². The minimum absolute atomic E-state index is 0.0968. The van der Waals surface area contributed by atoms with Crippen molar-refractivity contribution < 1.29 is 9.53 Å². The predicted octanol–water partition coefficient (Wildman–Crippen LogP) is 4.00. The lowest BCUT2D eigenvalue weighted by Gasteiger charge is -2.51. The first-order chi connectivity index (χ1) is 12.0. The Morgan fingerprint density at radius 2 is 2.08 bits per heavy atom. The number of alkyl carbamates (subject to hydrolysis) is 1. The molecule has 5 nitrogen and oxygen atoms in total. The van der Waals surface area contributed by atoms with Crippen LogP contribution >= 0.6 is 0 Å². The van der Waals surface area contributed by atoms with Crippen LogP contribution in [-0.2, 0) is 4.74 Å². The molecule has 3 rings (SSSR count). The number of ether oxygens (including phenoxy) is 1. The van der Waals surface area contributed by atoms with Crippen LogP contribution in [-0.4, -0.2) is 36.8 Å². The molecule has 2 aliphatic rings. The van der Waals surface area contributed by atoms with Gasteiger partial charge in [-0.25, -0.2) is 9.78 Å². The van der Waals surface area contributed by atoms with E-state index in [2.05, 4.69) is 47.3 Å². The summed E-state index contributed by atoms with van der Waals surface area (Å²) in [6, 6.07) is 4.26. The number of hydrogen-bond donors (Lipinski definition) is 1. The summed E-state index contributed by atoms with van der Waals surface area (Å²) in [4.78, 5) is 18.5. The van der Waals surface area contributed by atoms with Gasteiger partial charge in [-0.2, -0.15) is 0 Å². The van der Waals surface area contributed by atoms with Crippen molar-refractivity contribution in [2.45, 2.75) is 52.6 Å². The molecule has 0 unspecified atom stereocenters. The molecule has 136 valence electrons. The number of carbonyl (C=O) groups is 1. The van der Waals surface area contributed by atoms with Crippen LogP contribution in [0.3, 0.4) is 0 Å². The molecule has 2 fully saturated rings. The first-order valence-corrected chi connectivity index (χ1v) is 9.30. The number of nitrogens with one attached hydrogen (secondary N) is 1. The van der Waals surface area contributed by atoms with Crippen molar-refractivity contribution in [2.75, 3.05) is 24.5 Å². The van der Waals surface area contributed by atoms with Crippen LogP contribution < -0.4 is 10.2 Å². The van der Waals surface area contributed by atoms with Crippen LogP contribution in [0, 0.1) is 5.41 Å². The first kappa shape index (κ1) is 17.8. The molecule has 25 heavy (non-hydrogen) atoms. The molecule has 0 aromatic carbocycles. The first-order valence-electron chi connectivity index (χ1n) is 9.30. The fourth-order valence-corrected chi connectivity index (χ4v) is 3.95. The summed E-state index contributed by atoms with van der Waals surface area (Å²) in [5, 5.41) is 2.70. The fourth-order valence-electron chi connectivity index (χ4n) is 3.95. The second kappa shape index (κ2) is 7.46. The number of pyridine rings is 1. The molecule has 2 heterocycles. The van der Waals surface area contributed by atoms with Crippen molar-refractivity contribution in [1.29, 1.82) is 0 Å². The fraction of sp³-hybridized carbons (Fsp3) is 0.600. The van der Waals surface area contributed by atoms with E-state index in [1.54, 1.807) is 0 Å². The Labute approximate surface area is 150 Å². The summed E-state index contributed by atoms with van der Waals surface area (Å²) in [7, 11) is 0. The van der Waals surface area contributed by atoms with Gasteiger partial charge in [0.2, 0.25) is 0 Å². The highest BCUT2D eigenvalue weighted by atomic mass is 16.6. The second-order valence-corrected chi connectivity index (χ2v) is 7.62. The summed E-state index contributed by atoms with van der Waals surface area (Å²) in [5.41, 5.74) is 2.81. The van der Waals surface area contributed by atoms with E-state index in [1.807, 2.05) is 13.1 Å². The molecule has 5 heteroatoms. The minimum atomic E-state index is -0.277. The predicted molar refractivity (Wildman–Crippen MR) is 101 cm³/mol. The van der Waals surface area contributed by atoms with Gasteiger partial charge in [-0.3, -0.25) is 0 Å². The van der Waals surface area contributed by atoms with E-state index in [0.717, 1.165) is 50.2 Å². The average molecular weight is 343 g/mol. The molecule has 0 bridgehead atoms. The highest BCUT2D eigenvalue weighted by Gasteiger charge is 2.47.